The van der Waals surface area contributed by atoms with Crippen molar-refractivity contribution < 1.29 is 17.6 Å². The lowest BCUT2D eigenvalue weighted by Crippen LogP contribution is -2.17. The summed E-state index contributed by atoms with van der Waals surface area (Å²) in [6.07, 6.45) is 1.30. The Kier molecular flexibility index (Phi) is 6.36. The Morgan fingerprint density at radius 2 is 1.76 bits per heavy atom. The minimum atomic E-state index is -3.76. The van der Waals surface area contributed by atoms with Gasteiger partial charge in [0, 0.05) is 22.5 Å². The second-order valence-corrected chi connectivity index (χ2v) is 8.57. The lowest BCUT2D eigenvalue weighted by atomic mass is 10.2. The van der Waals surface area contributed by atoms with Crippen molar-refractivity contribution in [1.82, 2.24) is 4.98 Å². The maximum absolute atomic E-state index is 13.2. The lowest BCUT2D eigenvalue weighted by molar-refractivity contribution is 0.102. The summed E-state index contributed by atoms with van der Waals surface area (Å²) in [4.78, 5) is 16.3. The topological polar surface area (TPSA) is 88.2 Å². The molecule has 0 bridgehead atoms. The molecule has 0 saturated heterocycles. The van der Waals surface area contributed by atoms with E-state index in [9.17, 15) is 17.6 Å². The van der Waals surface area contributed by atoms with E-state index in [2.05, 4.69) is 15.0 Å². The first-order chi connectivity index (χ1) is 13.7. The molecular formula is C19H14Cl2FN3O3S. The molecule has 0 fully saturated rings. The number of halogens is 3. The van der Waals surface area contributed by atoms with Gasteiger partial charge in [-0.1, -0.05) is 35.3 Å². The SMILES string of the molecule is O=C(Nc1ccc(F)c(Cl)c1)c1ccnc(NS(=O)(=O)Cc2ccc(Cl)cc2)c1. The first kappa shape index (κ1) is 21.0. The molecule has 3 rings (SSSR count). The molecule has 0 saturated carbocycles. The summed E-state index contributed by atoms with van der Waals surface area (Å²) in [5.74, 6) is -1.43. The maximum atomic E-state index is 13.2. The largest absolute Gasteiger partial charge is 0.322 e. The lowest BCUT2D eigenvalue weighted by Gasteiger charge is -2.10. The molecule has 0 aliphatic rings. The third kappa shape index (κ3) is 5.90. The van der Waals surface area contributed by atoms with Gasteiger partial charge >= 0.3 is 0 Å². The van der Waals surface area contributed by atoms with Gasteiger partial charge < -0.3 is 5.32 Å². The van der Waals surface area contributed by atoms with E-state index in [0.717, 1.165) is 6.07 Å². The molecule has 150 valence electrons. The van der Waals surface area contributed by atoms with E-state index in [4.69, 9.17) is 23.2 Å². The summed E-state index contributed by atoms with van der Waals surface area (Å²) in [7, 11) is -3.76. The van der Waals surface area contributed by atoms with Crippen LogP contribution in [0, 0.1) is 5.82 Å². The molecule has 1 aromatic heterocycles. The highest BCUT2D eigenvalue weighted by Gasteiger charge is 2.15. The predicted molar refractivity (Wildman–Crippen MR) is 111 cm³/mol. The molecule has 0 unspecified atom stereocenters. The van der Waals surface area contributed by atoms with Gasteiger partial charge in [-0.25, -0.2) is 17.8 Å². The number of hydrogen-bond acceptors (Lipinski definition) is 4. The monoisotopic (exact) mass is 453 g/mol. The second-order valence-electron chi connectivity index (χ2n) is 6.00. The number of carbonyl (C=O) groups excluding carboxylic acids is 1. The van der Waals surface area contributed by atoms with Gasteiger partial charge in [0.15, 0.2) is 0 Å². The summed E-state index contributed by atoms with van der Waals surface area (Å²) in [5, 5.41) is 2.92. The normalized spacial score (nSPS) is 11.1. The molecule has 0 atom stereocenters. The van der Waals surface area contributed by atoms with Crippen LogP contribution >= 0.6 is 23.2 Å². The molecule has 2 N–H and O–H groups in total. The summed E-state index contributed by atoms with van der Waals surface area (Å²) < 4.78 is 40.3. The smallest absolute Gasteiger partial charge is 0.255 e. The van der Waals surface area contributed by atoms with Crippen LogP contribution in [0.2, 0.25) is 10.0 Å². The van der Waals surface area contributed by atoms with E-state index >= 15 is 0 Å². The van der Waals surface area contributed by atoms with E-state index in [1.807, 2.05) is 0 Å². The summed E-state index contributed by atoms with van der Waals surface area (Å²) in [6, 6.07) is 12.9. The zero-order valence-corrected chi connectivity index (χ0v) is 17.0. The van der Waals surface area contributed by atoms with Gasteiger partial charge in [-0.15, -0.1) is 0 Å². The fourth-order valence-corrected chi connectivity index (χ4v) is 3.84. The zero-order valence-electron chi connectivity index (χ0n) is 14.7. The number of aromatic nitrogens is 1. The van der Waals surface area contributed by atoms with Crippen LogP contribution in [0.1, 0.15) is 15.9 Å². The van der Waals surface area contributed by atoms with Crippen molar-refractivity contribution in [2.24, 2.45) is 0 Å². The van der Waals surface area contributed by atoms with Gasteiger partial charge in [0.1, 0.15) is 11.6 Å². The van der Waals surface area contributed by atoms with Crippen LogP contribution in [0.3, 0.4) is 0 Å². The van der Waals surface area contributed by atoms with Gasteiger partial charge in [-0.05, 0) is 48.0 Å². The van der Waals surface area contributed by atoms with Crippen LogP contribution in [0.25, 0.3) is 0 Å². The van der Waals surface area contributed by atoms with Crippen molar-refractivity contribution in [3.8, 4) is 0 Å². The Bertz CT molecular complexity index is 1160. The summed E-state index contributed by atoms with van der Waals surface area (Å²) in [6.45, 7) is 0. The van der Waals surface area contributed by atoms with E-state index in [1.165, 1.54) is 30.5 Å². The number of anilines is 2. The Morgan fingerprint density at radius 3 is 2.45 bits per heavy atom. The molecular weight excluding hydrogens is 440 g/mol. The highest BCUT2D eigenvalue weighted by atomic mass is 35.5. The van der Waals surface area contributed by atoms with E-state index < -0.39 is 21.7 Å². The quantitative estimate of drug-likeness (QED) is 0.564. The minimum absolute atomic E-state index is 0.0104. The van der Waals surface area contributed by atoms with E-state index in [-0.39, 0.29) is 22.2 Å². The van der Waals surface area contributed by atoms with Gasteiger partial charge in [0.2, 0.25) is 10.0 Å². The van der Waals surface area contributed by atoms with E-state index in [0.29, 0.717) is 16.3 Å². The maximum Gasteiger partial charge on any atom is 0.255 e. The number of nitrogens with one attached hydrogen (secondary N) is 2. The summed E-state index contributed by atoms with van der Waals surface area (Å²) in [5.41, 5.74) is 0.997. The first-order valence-corrected chi connectivity index (χ1v) is 10.6. The number of nitrogens with zero attached hydrogens (tertiary/aromatic N) is 1. The number of carbonyl (C=O) groups is 1. The second kappa shape index (κ2) is 8.77. The van der Waals surface area contributed by atoms with Gasteiger partial charge in [0.05, 0.1) is 10.8 Å². The number of pyridine rings is 1. The summed E-state index contributed by atoms with van der Waals surface area (Å²) >= 11 is 11.5. The third-order valence-electron chi connectivity index (χ3n) is 3.73. The van der Waals surface area contributed by atoms with Crippen molar-refractivity contribution in [3.05, 3.63) is 87.8 Å². The minimum Gasteiger partial charge on any atom is -0.322 e. The first-order valence-electron chi connectivity index (χ1n) is 8.19. The van der Waals surface area contributed by atoms with Gasteiger partial charge in [-0.2, -0.15) is 0 Å². The van der Waals surface area contributed by atoms with Crippen molar-refractivity contribution in [3.63, 3.8) is 0 Å². The molecule has 6 nitrogen and oxygen atoms in total. The van der Waals surface area contributed by atoms with Gasteiger partial charge in [-0.3, -0.25) is 9.52 Å². The van der Waals surface area contributed by atoms with Crippen molar-refractivity contribution in [2.75, 3.05) is 10.0 Å². The molecule has 0 spiro atoms. The molecule has 1 heterocycles. The van der Waals surface area contributed by atoms with E-state index in [1.54, 1.807) is 24.3 Å². The van der Waals surface area contributed by atoms with Crippen LogP contribution in [-0.2, 0) is 15.8 Å². The molecule has 1 amide bonds. The fraction of sp³-hybridized carbons (Fsp3) is 0.0526. The number of amides is 1. The Balaban J connectivity index is 1.71. The van der Waals surface area contributed by atoms with Crippen LogP contribution in [0.5, 0.6) is 0 Å². The standard InChI is InChI=1S/C19H14Cl2FN3O3S/c20-14-3-1-12(2-4-14)11-29(27,28)25-18-9-13(7-8-23-18)19(26)24-15-5-6-17(22)16(21)10-15/h1-10H,11H2,(H,23,25)(H,24,26). The number of sulfonamides is 1. The highest BCUT2D eigenvalue weighted by Crippen LogP contribution is 2.20. The van der Waals surface area contributed by atoms with Crippen molar-refractivity contribution >= 4 is 50.6 Å². The van der Waals surface area contributed by atoms with Crippen LogP contribution in [0.15, 0.2) is 60.8 Å². The molecule has 29 heavy (non-hydrogen) atoms. The average Bonchev–Trinajstić information content (AvgIpc) is 2.66. The molecule has 10 heteroatoms. The molecule has 0 aliphatic heterocycles. The molecule has 3 aromatic rings. The van der Waals surface area contributed by atoms with Crippen molar-refractivity contribution in [2.45, 2.75) is 5.75 Å². The average molecular weight is 454 g/mol. The predicted octanol–water partition coefficient (Wildman–Crippen LogP) is 4.72. The number of rotatable bonds is 6. The van der Waals surface area contributed by atoms with Crippen LogP contribution in [-0.4, -0.2) is 19.3 Å². The van der Waals surface area contributed by atoms with Gasteiger partial charge in [0.25, 0.3) is 5.91 Å². The molecule has 2 aromatic carbocycles. The molecule has 0 radical (unpaired) electrons. The fourth-order valence-electron chi connectivity index (χ4n) is 2.40. The highest BCUT2D eigenvalue weighted by molar-refractivity contribution is 7.91. The Morgan fingerprint density at radius 1 is 1.03 bits per heavy atom. The molecule has 0 aliphatic carbocycles. The number of hydrogen-bond donors (Lipinski definition) is 2. The number of benzene rings is 2. The van der Waals surface area contributed by atoms with Crippen molar-refractivity contribution in [1.29, 1.82) is 0 Å². The third-order valence-corrected chi connectivity index (χ3v) is 5.50. The Hall–Kier alpha value is -2.68. The van der Waals surface area contributed by atoms with Crippen LogP contribution < -0.4 is 10.0 Å². The van der Waals surface area contributed by atoms with Crippen LogP contribution in [0.4, 0.5) is 15.9 Å². The zero-order chi connectivity index (χ0) is 21.0. The Labute approximate surface area is 176 Å².